The molecular formula is C20H15Cl3N6O3. The number of rotatable bonds is 3. The van der Waals surface area contributed by atoms with Gasteiger partial charge in [0.1, 0.15) is 0 Å². The van der Waals surface area contributed by atoms with Gasteiger partial charge in [0, 0.05) is 11.1 Å². The molecule has 0 bridgehead atoms. The van der Waals surface area contributed by atoms with E-state index in [4.69, 9.17) is 45.3 Å². The molecule has 0 saturated heterocycles. The van der Waals surface area contributed by atoms with E-state index in [2.05, 4.69) is 20.6 Å². The first-order chi connectivity index (χ1) is 15.2. The highest BCUT2D eigenvalue weighted by Gasteiger charge is 2.17. The number of aryl methyl sites for hydroxylation is 1. The van der Waals surface area contributed by atoms with Crippen molar-refractivity contribution >= 4 is 52.1 Å². The molecule has 0 atom stereocenters. The first kappa shape index (κ1) is 21.9. The van der Waals surface area contributed by atoms with Crippen LogP contribution in [-0.2, 0) is 0 Å². The predicted molar refractivity (Wildman–Crippen MR) is 125 cm³/mol. The zero-order chi connectivity index (χ0) is 23.0. The van der Waals surface area contributed by atoms with Gasteiger partial charge in [-0.2, -0.15) is 4.68 Å². The van der Waals surface area contributed by atoms with E-state index in [0.717, 1.165) is 21.4 Å². The number of hydrogen-bond acceptors (Lipinski definition) is 7. The summed E-state index contributed by atoms with van der Waals surface area (Å²) in [5.74, 6) is -0.0123. The van der Waals surface area contributed by atoms with Gasteiger partial charge >= 0.3 is 5.69 Å². The second-order valence-corrected chi connectivity index (χ2v) is 8.04. The standard InChI is InChI=1S/C20H15Cl3N6O3/c1-9-4-10(2-3-13(9)21)11-5-16(27-25-8-11)32-17-14(22)6-12(7-15(17)23)29-20(31)26-19(30)18(24)28-29/h2-7,25H,8H2,1H3,(H2,24,28)(H,26,30,31). The summed E-state index contributed by atoms with van der Waals surface area (Å²) in [7, 11) is 0. The molecule has 0 amide bonds. The number of nitrogen functional groups attached to an aromatic ring is 1. The molecule has 4 rings (SSSR count). The number of benzene rings is 2. The second-order valence-electron chi connectivity index (χ2n) is 6.82. The molecule has 0 radical (unpaired) electrons. The van der Waals surface area contributed by atoms with E-state index >= 15 is 0 Å². The van der Waals surface area contributed by atoms with Gasteiger partial charge in [0.05, 0.1) is 22.3 Å². The smallest absolute Gasteiger partial charge is 0.349 e. The number of hydrogen-bond donors (Lipinski definition) is 3. The van der Waals surface area contributed by atoms with Gasteiger partial charge in [-0.25, -0.2) is 4.79 Å². The van der Waals surface area contributed by atoms with Crippen LogP contribution in [0.5, 0.6) is 5.75 Å². The maximum Gasteiger partial charge on any atom is 0.349 e. The van der Waals surface area contributed by atoms with Crippen LogP contribution in [0.2, 0.25) is 15.1 Å². The largest absolute Gasteiger partial charge is 0.434 e. The first-order valence-electron chi connectivity index (χ1n) is 9.17. The minimum absolute atomic E-state index is 0.0940. The van der Waals surface area contributed by atoms with Crippen molar-refractivity contribution in [3.05, 3.63) is 83.4 Å². The van der Waals surface area contributed by atoms with Gasteiger partial charge in [0.25, 0.3) is 5.56 Å². The zero-order valence-electron chi connectivity index (χ0n) is 16.4. The fraction of sp³-hybridized carbons (Fsp3) is 0.100. The summed E-state index contributed by atoms with van der Waals surface area (Å²) in [6, 6.07) is 8.50. The maximum absolute atomic E-state index is 12.1. The van der Waals surface area contributed by atoms with E-state index in [1.807, 2.05) is 25.1 Å². The number of aromatic nitrogens is 3. The fourth-order valence-corrected chi connectivity index (χ4v) is 3.65. The van der Waals surface area contributed by atoms with Crippen LogP contribution in [-0.4, -0.2) is 27.2 Å². The van der Waals surface area contributed by atoms with Crippen LogP contribution in [0.25, 0.3) is 11.3 Å². The lowest BCUT2D eigenvalue weighted by Gasteiger charge is -2.17. The molecule has 1 aromatic heterocycles. The van der Waals surface area contributed by atoms with Crippen LogP contribution in [0, 0.1) is 6.92 Å². The Morgan fingerprint density at radius 2 is 1.81 bits per heavy atom. The van der Waals surface area contributed by atoms with Crippen LogP contribution in [0.3, 0.4) is 0 Å². The van der Waals surface area contributed by atoms with Gasteiger partial charge in [-0.1, -0.05) is 46.9 Å². The molecule has 1 aliphatic rings. The van der Waals surface area contributed by atoms with E-state index in [-0.39, 0.29) is 33.2 Å². The van der Waals surface area contributed by atoms with Crippen LogP contribution in [0.1, 0.15) is 11.1 Å². The summed E-state index contributed by atoms with van der Waals surface area (Å²) in [6.45, 7) is 2.42. The lowest BCUT2D eigenvalue weighted by molar-refractivity contribution is 0.542. The minimum atomic E-state index is -0.795. The molecule has 0 unspecified atom stereocenters. The van der Waals surface area contributed by atoms with Crippen molar-refractivity contribution in [2.75, 3.05) is 12.3 Å². The van der Waals surface area contributed by atoms with Gasteiger partial charge in [0.2, 0.25) is 11.7 Å². The molecule has 9 nitrogen and oxygen atoms in total. The van der Waals surface area contributed by atoms with Crippen LogP contribution in [0.4, 0.5) is 5.82 Å². The van der Waals surface area contributed by atoms with Crippen LogP contribution >= 0.6 is 34.8 Å². The van der Waals surface area contributed by atoms with E-state index in [1.54, 1.807) is 6.08 Å². The third-order valence-electron chi connectivity index (χ3n) is 4.57. The van der Waals surface area contributed by atoms with E-state index in [1.165, 1.54) is 12.1 Å². The highest BCUT2D eigenvalue weighted by atomic mass is 35.5. The molecule has 0 spiro atoms. The van der Waals surface area contributed by atoms with Crippen LogP contribution < -0.4 is 27.1 Å². The normalized spacial score (nSPS) is 13.2. The molecule has 2 aromatic carbocycles. The Bertz CT molecular complexity index is 1390. The molecule has 3 aromatic rings. The number of nitrogens with zero attached hydrogens (tertiary/aromatic N) is 3. The number of ether oxygens (including phenoxy) is 1. The molecule has 2 heterocycles. The fourth-order valence-electron chi connectivity index (χ4n) is 2.98. The highest BCUT2D eigenvalue weighted by Crippen LogP contribution is 2.35. The molecule has 1 aliphatic heterocycles. The number of nitrogens with two attached hydrogens (primary N) is 1. The third-order valence-corrected chi connectivity index (χ3v) is 5.56. The van der Waals surface area contributed by atoms with E-state index in [9.17, 15) is 9.59 Å². The molecule has 32 heavy (non-hydrogen) atoms. The van der Waals surface area contributed by atoms with Crippen molar-refractivity contribution < 1.29 is 4.74 Å². The average molecular weight is 494 g/mol. The zero-order valence-corrected chi connectivity index (χ0v) is 18.7. The van der Waals surface area contributed by atoms with Gasteiger partial charge < -0.3 is 15.9 Å². The van der Waals surface area contributed by atoms with E-state index in [0.29, 0.717) is 11.6 Å². The summed E-state index contributed by atoms with van der Waals surface area (Å²) in [5, 5.41) is 8.76. The number of nitrogens with one attached hydrogen (secondary N) is 2. The summed E-state index contributed by atoms with van der Waals surface area (Å²) < 4.78 is 6.69. The molecule has 12 heteroatoms. The molecule has 0 fully saturated rings. The lowest BCUT2D eigenvalue weighted by atomic mass is 10.0. The summed E-state index contributed by atoms with van der Waals surface area (Å²) in [6.07, 6.45) is 1.76. The monoisotopic (exact) mass is 492 g/mol. The SMILES string of the molecule is Cc1cc(C2=CC(Oc3c(Cl)cc(-n4nc(N)c(=O)[nH]c4=O)cc3Cl)=NNC2)ccc1Cl. The molecule has 4 N–H and O–H groups in total. The van der Waals surface area contributed by atoms with Gasteiger partial charge in [-0.3, -0.25) is 9.78 Å². The summed E-state index contributed by atoms with van der Waals surface area (Å²) in [4.78, 5) is 25.6. The Hall–Kier alpha value is -3.27. The highest BCUT2D eigenvalue weighted by molar-refractivity contribution is 6.37. The number of hydrazone groups is 1. The third kappa shape index (κ3) is 4.36. The van der Waals surface area contributed by atoms with Gasteiger partial charge in [-0.15, -0.1) is 10.2 Å². The van der Waals surface area contributed by atoms with Crippen molar-refractivity contribution in [2.45, 2.75) is 6.92 Å². The summed E-state index contributed by atoms with van der Waals surface area (Å²) in [5.41, 5.74) is 9.85. The minimum Gasteiger partial charge on any atom is -0.434 e. The Morgan fingerprint density at radius 3 is 2.50 bits per heavy atom. The lowest BCUT2D eigenvalue weighted by Crippen LogP contribution is -2.33. The molecule has 164 valence electrons. The number of halogens is 3. The molecule has 0 saturated carbocycles. The maximum atomic E-state index is 12.1. The first-order valence-corrected chi connectivity index (χ1v) is 10.3. The quantitative estimate of drug-likeness (QED) is 0.514. The van der Waals surface area contributed by atoms with Crippen molar-refractivity contribution in [2.24, 2.45) is 5.10 Å². The van der Waals surface area contributed by atoms with Crippen molar-refractivity contribution in [3.8, 4) is 11.4 Å². The Labute approximate surface area is 196 Å². The van der Waals surface area contributed by atoms with E-state index < -0.39 is 11.2 Å². The van der Waals surface area contributed by atoms with Crippen LogP contribution in [0.15, 0.2) is 51.1 Å². The Morgan fingerprint density at radius 1 is 1.09 bits per heavy atom. The number of anilines is 1. The average Bonchev–Trinajstić information content (AvgIpc) is 2.75. The number of aromatic amines is 1. The topological polar surface area (TPSA) is 127 Å². The van der Waals surface area contributed by atoms with Crippen molar-refractivity contribution in [1.82, 2.24) is 20.2 Å². The Balaban J connectivity index is 1.65. The predicted octanol–water partition coefficient (Wildman–Crippen LogP) is 3.15. The van der Waals surface area contributed by atoms with Gasteiger partial charge in [-0.05, 0) is 41.8 Å². The molecule has 0 aliphatic carbocycles. The Kier molecular flexibility index (Phi) is 5.96. The second kappa shape index (κ2) is 8.70. The summed E-state index contributed by atoms with van der Waals surface area (Å²) >= 11 is 18.8. The van der Waals surface area contributed by atoms with Gasteiger partial charge in [0.15, 0.2) is 5.75 Å². The molecular weight excluding hydrogens is 479 g/mol. The number of H-pyrrole nitrogens is 1. The van der Waals surface area contributed by atoms with Crippen molar-refractivity contribution in [1.29, 1.82) is 0 Å². The van der Waals surface area contributed by atoms with Crippen molar-refractivity contribution in [3.63, 3.8) is 0 Å².